The number of aryl methyl sites for hydroxylation is 1. The molecule has 0 amide bonds. The SMILES string of the molecule is CN=C(NCc1ncnn1C)N1CCN(CCOc2ccc(Cl)cc2)CC1.I. The fourth-order valence-corrected chi connectivity index (χ4v) is 3.10. The first kappa shape index (κ1) is 22.7. The number of rotatable bonds is 6. The number of halogens is 2. The summed E-state index contributed by atoms with van der Waals surface area (Å²) in [4.78, 5) is 13.3. The number of guanidine groups is 1. The molecule has 2 heterocycles. The number of hydrogen-bond acceptors (Lipinski definition) is 5. The van der Waals surface area contributed by atoms with Gasteiger partial charge in [0.15, 0.2) is 5.96 Å². The second kappa shape index (κ2) is 11.4. The zero-order valence-corrected chi connectivity index (χ0v) is 19.3. The molecule has 0 bridgehead atoms. The first-order valence-electron chi connectivity index (χ1n) is 9.05. The fraction of sp³-hybridized carbons (Fsp3) is 0.500. The molecular weight excluding hydrogens is 493 g/mol. The van der Waals surface area contributed by atoms with E-state index in [0.717, 1.165) is 55.3 Å². The molecule has 0 spiro atoms. The maximum absolute atomic E-state index is 5.89. The molecule has 1 saturated heterocycles. The van der Waals surface area contributed by atoms with Crippen molar-refractivity contribution in [2.75, 3.05) is 46.4 Å². The summed E-state index contributed by atoms with van der Waals surface area (Å²) in [7, 11) is 3.70. The largest absolute Gasteiger partial charge is 0.492 e. The second-order valence-electron chi connectivity index (χ2n) is 6.33. The van der Waals surface area contributed by atoms with Crippen LogP contribution in [0.15, 0.2) is 35.6 Å². The predicted octanol–water partition coefficient (Wildman–Crippen LogP) is 1.86. The van der Waals surface area contributed by atoms with E-state index < -0.39 is 0 Å². The van der Waals surface area contributed by atoms with Crippen LogP contribution in [0.1, 0.15) is 5.82 Å². The van der Waals surface area contributed by atoms with Crippen molar-refractivity contribution in [2.45, 2.75) is 6.54 Å². The highest BCUT2D eigenvalue weighted by Gasteiger charge is 2.19. The molecule has 1 N–H and O–H groups in total. The maximum Gasteiger partial charge on any atom is 0.194 e. The molecule has 2 aromatic rings. The van der Waals surface area contributed by atoms with Crippen molar-refractivity contribution in [2.24, 2.45) is 12.0 Å². The number of nitrogens with one attached hydrogen (secondary N) is 1. The minimum Gasteiger partial charge on any atom is -0.492 e. The van der Waals surface area contributed by atoms with Gasteiger partial charge in [-0.1, -0.05) is 11.6 Å². The van der Waals surface area contributed by atoms with Crippen molar-refractivity contribution in [1.82, 2.24) is 29.9 Å². The summed E-state index contributed by atoms with van der Waals surface area (Å²) in [6, 6.07) is 7.48. The number of nitrogens with zero attached hydrogens (tertiary/aromatic N) is 6. The summed E-state index contributed by atoms with van der Waals surface area (Å²) < 4.78 is 7.55. The highest BCUT2D eigenvalue weighted by atomic mass is 127. The van der Waals surface area contributed by atoms with E-state index >= 15 is 0 Å². The third-order valence-electron chi connectivity index (χ3n) is 4.58. The van der Waals surface area contributed by atoms with Crippen molar-refractivity contribution < 1.29 is 4.74 Å². The van der Waals surface area contributed by atoms with Gasteiger partial charge in [0, 0.05) is 51.8 Å². The van der Waals surface area contributed by atoms with Gasteiger partial charge in [-0.25, -0.2) is 4.98 Å². The molecule has 3 rings (SSSR count). The lowest BCUT2D eigenvalue weighted by atomic mass is 10.3. The average Bonchev–Trinajstić information content (AvgIpc) is 3.10. The van der Waals surface area contributed by atoms with Gasteiger partial charge in [0.1, 0.15) is 24.5 Å². The molecule has 0 saturated carbocycles. The Balaban J connectivity index is 0.00000280. The lowest BCUT2D eigenvalue weighted by molar-refractivity contribution is 0.152. The summed E-state index contributed by atoms with van der Waals surface area (Å²) in [6.07, 6.45) is 1.56. The third-order valence-corrected chi connectivity index (χ3v) is 4.84. The second-order valence-corrected chi connectivity index (χ2v) is 6.77. The summed E-state index contributed by atoms with van der Waals surface area (Å²) in [6.45, 7) is 6.00. The molecule has 10 heteroatoms. The first-order valence-corrected chi connectivity index (χ1v) is 9.42. The lowest BCUT2D eigenvalue weighted by Gasteiger charge is -2.36. The van der Waals surface area contributed by atoms with Crippen molar-refractivity contribution in [3.8, 4) is 5.75 Å². The van der Waals surface area contributed by atoms with Crippen molar-refractivity contribution in [3.05, 3.63) is 41.4 Å². The molecule has 1 aromatic carbocycles. The van der Waals surface area contributed by atoms with Gasteiger partial charge in [-0.15, -0.1) is 24.0 Å². The van der Waals surface area contributed by atoms with Crippen LogP contribution in [0.2, 0.25) is 5.02 Å². The molecular formula is C18H27ClIN7O. The topological polar surface area (TPSA) is 70.8 Å². The molecule has 1 fully saturated rings. The zero-order valence-electron chi connectivity index (χ0n) is 16.2. The minimum absolute atomic E-state index is 0. The standard InChI is InChI=1S/C18H26ClN7O.HI/c1-20-18(21-13-17-22-14-23-24(17)2)26-9-7-25(8-10-26)11-12-27-16-5-3-15(19)4-6-16;/h3-6,14H,7-13H2,1-2H3,(H,20,21);1H. The van der Waals surface area contributed by atoms with E-state index in [4.69, 9.17) is 16.3 Å². The number of aliphatic imine (C=N–C) groups is 1. The van der Waals surface area contributed by atoms with Crippen LogP contribution >= 0.6 is 35.6 Å². The monoisotopic (exact) mass is 519 g/mol. The third kappa shape index (κ3) is 6.49. The summed E-state index contributed by atoms with van der Waals surface area (Å²) >= 11 is 5.89. The first-order chi connectivity index (χ1) is 13.2. The Bertz CT molecular complexity index is 745. The van der Waals surface area contributed by atoms with Crippen LogP contribution in [-0.2, 0) is 13.6 Å². The molecule has 1 aliphatic rings. The van der Waals surface area contributed by atoms with Crippen LogP contribution in [-0.4, -0.2) is 76.9 Å². The molecule has 0 radical (unpaired) electrons. The fourth-order valence-electron chi connectivity index (χ4n) is 2.98. The molecule has 0 aliphatic carbocycles. The van der Waals surface area contributed by atoms with Crippen LogP contribution in [0.4, 0.5) is 0 Å². The zero-order chi connectivity index (χ0) is 19.1. The van der Waals surface area contributed by atoms with Gasteiger partial charge in [0.25, 0.3) is 0 Å². The van der Waals surface area contributed by atoms with E-state index in [0.29, 0.717) is 13.2 Å². The average molecular weight is 520 g/mol. The van der Waals surface area contributed by atoms with Gasteiger partial charge in [-0.3, -0.25) is 14.6 Å². The molecule has 1 aromatic heterocycles. The van der Waals surface area contributed by atoms with Crippen molar-refractivity contribution in [3.63, 3.8) is 0 Å². The van der Waals surface area contributed by atoms with Gasteiger partial charge in [0.05, 0.1) is 6.54 Å². The highest BCUT2D eigenvalue weighted by Crippen LogP contribution is 2.15. The van der Waals surface area contributed by atoms with E-state index in [1.54, 1.807) is 11.0 Å². The van der Waals surface area contributed by atoms with E-state index in [-0.39, 0.29) is 24.0 Å². The number of benzene rings is 1. The molecule has 28 heavy (non-hydrogen) atoms. The number of aromatic nitrogens is 3. The van der Waals surface area contributed by atoms with Crippen LogP contribution in [0.25, 0.3) is 0 Å². The Morgan fingerprint density at radius 1 is 1.21 bits per heavy atom. The molecule has 0 atom stereocenters. The van der Waals surface area contributed by atoms with Crippen LogP contribution in [0.3, 0.4) is 0 Å². The summed E-state index contributed by atoms with van der Waals surface area (Å²) in [5.74, 6) is 2.63. The Kier molecular flexibility index (Phi) is 9.26. The smallest absolute Gasteiger partial charge is 0.194 e. The Morgan fingerprint density at radius 3 is 2.54 bits per heavy atom. The van der Waals surface area contributed by atoms with Crippen LogP contribution < -0.4 is 10.1 Å². The quantitative estimate of drug-likeness (QED) is 0.357. The summed E-state index contributed by atoms with van der Waals surface area (Å²) in [5, 5.41) is 8.17. The van der Waals surface area contributed by atoms with Gasteiger partial charge in [0.2, 0.25) is 0 Å². The Labute approximate surface area is 187 Å². The Hall–Kier alpha value is -1.59. The Morgan fingerprint density at radius 2 is 1.93 bits per heavy atom. The number of hydrogen-bond donors (Lipinski definition) is 1. The van der Waals surface area contributed by atoms with Gasteiger partial charge in [-0.05, 0) is 24.3 Å². The molecule has 154 valence electrons. The van der Waals surface area contributed by atoms with E-state index in [9.17, 15) is 0 Å². The lowest BCUT2D eigenvalue weighted by Crippen LogP contribution is -2.53. The predicted molar refractivity (Wildman–Crippen MR) is 122 cm³/mol. The highest BCUT2D eigenvalue weighted by molar-refractivity contribution is 14.0. The number of ether oxygens (including phenoxy) is 1. The van der Waals surface area contributed by atoms with Gasteiger partial charge >= 0.3 is 0 Å². The normalized spacial score (nSPS) is 15.2. The molecule has 1 aliphatic heterocycles. The van der Waals surface area contributed by atoms with Gasteiger partial charge < -0.3 is 15.0 Å². The van der Waals surface area contributed by atoms with E-state index in [1.807, 2.05) is 38.4 Å². The van der Waals surface area contributed by atoms with E-state index in [2.05, 4.69) is 30.2 Å². The van der Waals surface area contributed by atoms with Crippen molar-refractivity contribution in [1.29, 1.82) is 0 Å². The van der Waals surface area contributed by atoms with Crippen LogP contribution in [0, 0.1) is 0 Å². The van der Waals surface area contributed by atoms with Crippen molar-refractivity contribution >= 4 is 41.5 Å². The maximum atomic E-state index is 5.89. The van der Waals surface area contributed by atoms with Gasteiger partial charge in [-0.2, -0.15) is 5.10 Å². The minimum atomic E-state index is 0. The van der Waals surface area contributed by atoms with E-state index in [1.165, 1.54) is 0 Å². The van der Waals surface area contributed by atoms with Crippen LogP contribution in [0.5, 0.6) is 5.75 Å². The summed E-state index contributed by atoms with van der Waals surface area (Å²) in [5.41, 5.74) is 0. The molecule has 0 unspecified atom stereocenters. The molecule has 8 nitrogen and oxygen atoms in total. The number of piperazine rings is 1.